The number of benzene rings is 1. The number of hydrogen-bond acceptors (Lipinski definition) is 3. The molecule has 2 rings (SSSR count). The van der Waals surface area contributed by atoms with E-state index in [9.17, 15) is 0 Å². The molecule has 116 valence electrons. The molecular weight excluding hydrogens is 300 g/mol. The number of hydrogen-bond donors (Lipinski definition) is 0. The van der Waals surface area contributed by atoms with E-state index in [0.29, 0.717) is 0 Å². The molecular formula is C17H25ClN2S. The summed E-state index contributed by atoms with van der Waals surface area (Å²) in [6.07, 6.45) is 0. The van der Waals surface area contributed by atoms with Gasteiger partial charge in [0, 0.05) is 17.7 Å². The van der Waals surface area contributed by atoms with Crippen LogP contribution in [0.25, 0.3) is 10.9 Å². The van der Waals surface area contributed by atoms with E-state index < -0.39 is 0 Å². The fraction of sp³-hybridized carbons (Fsp3) is 0.471. The van der Waals surface area contributed by atoms with Gasteiger partial charge in [0.15, 0.2) is 0 Å². The van der Waals surface area contributed by atoms with E-state index in [2.05, 4.69) is 56.9 Å². The first-order valence-electron chi connectivity index (χ1n) is 7.37. The van der Waals surface area contributed by atoms with Crippen LogP contribution < -0.4 is 0 Å². The lowest BCUT2D eigenvalue weighted by molar-refractivity contribution is 0.324. The highest BCUT2D eigenvalue weighted by molar-refractivity contribution is 7.99. The molecule has 4 heteroatoms. The third-order valence-corrected chi connectivity index (χ3v) is 4.73. The molecule has 0 fully saturated rings. The summed E-state index contributed by atoms with van der Waals surface area (Å²) in [5, 5.41) is 2.42. The summed E-state index contributed by atoms with van der Waals surface area (Å²) in [4.78, 5) is 7.26. The number of pyridine rings is 1. The largest absolute Gasteiger partial charge is 0.303 e. The number of halogens is 1. The van der Waals surface area contributed by atoms with Crippen molar-refractivity contribution in [2.24, 2.45) is 0 Å². The molecule has 0 radical (unpaired) electrons. The fourth-order valence-corrected chi connectivity index (χ4v) is 3.33. The molecule has 0 atom stereocenters. The molecule has 0 spiro atoms. The Bertz CT molecular complexity index is 582. The van der Waals surface area contributed by atoms with E-state index in [-0.39, 0.29) is 12.4 Å². The highest BCUT2D eigenvalue weighted by atomic mass is 35.5. The van der Waals surface area contributed by atoms with Crippen LogP contribution in [0.15, 0.2) is 29.3 Å². The van der Waals surface area contributed by atoms with Gasteiger partial charge in [0.05, 0.1) is 10.5 Å². The number of fused-ring (bicyclic) bond motifs is 1. The van der Waals surface area contributed by atoms with Crippen LogP contribution in [0.2, 0.25) is 0 Å². The quantitative estimate of drug-likeness (QED) is 0.716. The molecule has 0 unspecified atom stereocenters. The van der Waals surface area contributed by atoms with Gasteiger partial charge in [-0.15, -0.1) is 24.2 Å². The minimum absolute atomic E-state index is 0. The molecule has 0 aliphatic heterocycles. The number of rotatable bonds is 6. The zero-order chi connectivity index (χ0) is 14.5. The Labute approximate surface area is 138 Å². The Morgan fingerprint density at radius 3 is 2.48 bits per heavy atom. The molecule has 1 aromatic carbocycles. The van der Waals surface area contributed by atoms with Gasteiger partial charge in [-0.25, -0.2) is 4.98 Å². The van der Waals surface area contributed by atoms with E-state index in [1.807, 2.05) is 11.8 Å². The summed E-state index contributed by atoms with van der Waals surface area (Å²) in [7, 11) is 0. The number of aryl methyl sites for hydroxylation is 2. The second kappa shape index (κ2) is 8.62. The van der Waals surface area contributed by atoms with Crippen molar-refractivity contribution >= 4 is 35.1 Å². The van der Waals surface area contributed by atoms with Crippen molar-refractivity contribution < 1.29 is 0 Å². The molecule has 0 N–H and O–H groups in total. The molecule has 0 bridgehead atoms. The van der Waals surface area contributed by atoms with Crippen LogP contribution in [0.1, 0.15) is 25.0 Å². The van der Waals surface area contributed by atoms with Crippen molar-refractivity contribution in [2.45, 2.75) is 32.7 Å². The van der Waals surface area contributed by atoms with Gasteiger partial charge in [0.25, 0.3) is 0 Å². The molecule has 0 aliphatic carbocycles. The molecule has 1 heterocycles. The smallest absolute Gasteiger partial charge is 0.0997 e. The van der Waals surface area contributed by atoms with Gasteiger partial charge in [0.2, 0.25) is 0 Å². The first-order chi connectivity index (χ1) is 9.63. The Morgan fingerprint density at radius 2 is 1.81 bits per heavy atom. The minimum Gasteiger partial charge on any atom is -0.303 e. The first kappa shape index (κ1) is 18.3. The van der Waals surface area contributed by atoms with Crippen molar-refractivity contribution in [2.75, 3.05) is 25.4 Å². The van der Waals surface area contributed by atoms with Gasteiger partial charge in [-0.3, -0.25) is 0 Å². The third-order valence-electron chi connectivity index (χ3n) is 3.66. The molecule has 0 saturated carbocycles. The van der Waals surface area contributed by atoms with E-state index in [1.54, 1.807) is 0 Å². The van der Waals surface area contributed by atoms with E-state index in [1.165, 1.54) is 21.5 Å². The average molecular weight is 325 g/mol. The predicted octanol–water partition coefficient (Wildman–Crippen LogP) is 4.71. The third kappa shape index (κ3) is 4.87. The summed E-state index contributed by atoms with van der Waals surface area (Å²) >= 11 is 1.87. The Balaban J connectivity index is 0.00000220. The maximum absolute atomic E-state index is 4.81. The first-order valence-corrected chi connectivity index (χ1v) is 8.35. The lowest BCUT2D eigenvalue weighted by Gasteiger charge is -2.17. The van der Waals surface area contributed by atoms with Gasteiger partial charge in [-0.2, -0.15) is 0 Å². The second-order valence-electron chi connectivity index (χ2n) is 5.18. The number of aromatic nitrogens is 1. The van der Waals surface area contributed by atoms with Crippen LogP contribution in [0, 0.1) is 13.8 Å². The summed E-state index contributed by atoms with van der Waals surface area (Å²) < 4.78 is 0. The zero-order valence-corrected chi connectivity index (χ0v) is 15.0. The summed E-state index contributed by atoms with van der Waals surface area (Å²) in [5.74, 6) is 1.10. The normalized spacial score (nSPS) is 10.9. The second-order valence-corrected chi connectivity index (χ2v) is 6.27. The lowest BCUT2D eigenvalue weighted by atomic mass is 10.1. The summed E-state index contributed by atoms with van der Waals surface area (Å²) in [5.41, 5.74) is 3.68. The van der Waals surface area contributed by atoms with Crippen LogP contribution >= 0.6 is 24.2 Å². The topological polar surface area (TPSA) is 16.1 Å². The van der Waals surface area contributed by atoms with Crippen LogP contribution in [-0.2, 0) is 0 Å². The van der Waals surface area contributed by atoms with E-state index in [0.717, 1.165) is 30.9 Å². The zero-order valence-electron chi connectivity index (χ0n) is 13.3. The number of nitrogens with zero attached hydrogens (tertiary/aromatic N) is 2. The van der Waals surface area contributed by atoms with Gasteiger partial charge >= 0.3 is 0 Å². The van der Waals surface area contributed by atoms with Crippen LogP contribution in [0.5, 0.6) is 0 Å². The van der Waals surface area contributed by atoms with Crippen LogP contribution in [0.4, 0.5) is 0 Å². The van der Waals surface area contributed by atoms with Crippen molar-refractivity contribution in [1.82, 2.24) is 9.88 Å². The van der Waals surface area contributed by atoms with Crippen molar-refractivity contribution in [3.8, 4) is 0 Å². The van der Waals surface area contributed by atoms with Crippen LogP contribution in [-0.4, -0.2) is 35.3 Å². The lowest BCUT2D eigenvalue weighted by Crippen LogP contribution is -2.25. The molecule has 0 amide bonds. The van der Waals surface area contributed by atoms with Crippen molar-refractivity contribution in [3.63, 3.8) is 0 Å². The molecule has 0 aliphatic rings. The maximum atomic E-state index is 4.81. The molecule has 2 nitrogen and oxygen atoms in total. The summed E-state index contributed by atoms with van der Waals surface area (Å²) in [6, 6.07) is 8.72. The van der Waals surface area contributed by atoms with E-state index in [4.69, 9.17) is 4.98 Å². The van der Waals surface area contributed by atoms with Gasteiger partial charge < -0.3 is 4.90 Å². The van der Waals surface area contributed by atoms with Crippen molar-refractivity contribution in [1.29, 1.82) is 0 Å². The molecule has 2 aromatic rings. The average Bonchev–Trinajstić information content (AvgIpc) is 2.44. The van der Waals surface area contributed by atoms with Gasteiger partial charge in [-0.1, -0.05) is 25.5 Å². The number of thioether (sulfide) groups is 1. The minimum atomic E-state index is 0. The van der Waals surface area contributed by atoms with Gasteiger partial charge in [0.1, 0.15) is 0 Å². The highest BCUT2D eigenvalue weighted by Crippen LogP contribution is 2.25. The maximum Gasteiger partial charge on any atom is 0.0997 e. The highest BCUT2D eigenvalue weighted by Gasteiger charge is 2.06. The van der Waals surface area contributed by atoms with E-state index >= 15 is 0 Å². The molecule has 0 saturated heterocycles. The Kier molecular flexibility index (Phi) is 7.50. The predicted molar refractivity (Wildman–Crippen MR) is 97.0 cm³/mol. The molecule has 1 aromatic heterocycles. The monoisotopic (exact) mass is 324 g/mol. The Morgan fingerprint density at radius 1 is 1.10 bits per heavy atom. The Hall–Kier alpha value is -0.770. The van der Waals surface area contributed by atoms with Gasteiger partial charge in [-0.05, 0) is 50.7 Å². The standard InChI is InChI=1S/C17H24N2S.ClH/c1-5-19(6-2)9-10-20-17-14(4)12-15-11-13(3)7-8-16(15)18-17;/h7-8,11-12H,5-6,9-10H2,1-4H3;1H. The summed E-state index contributed by atoms with van der Waals surface area (Å²) in [6.45, 7) is 12.1. The SMILES string of the molecule is CCN(CC)CCSc1nc2ccc(C)cc2cc1C.Cl. The van der Waals surface area contributed by atoms with Crippen LogP contribution in [0.3, 0.4) is 0 Å². The molecule has 21 heavy (non-hydrogen) atoms. The fourth-order valence-electron chi connectivity index (χ4n) is 2.34. The van der Waals surface area contributed by atoms with Crippen molar-refractivity contribution in [3.05, 3.63) is 35.4 Å².